The minimum Gasteiger partial charge on any atom is -0.384 e. The average Bonchev–Trinajstić information content (AvgIpc) is 2.38. The first-order chi connectivity index (χ1) is 9.13. The van der Waals surface area contributed by atoms with Crippen LogP contribution >= 0.6 is 0 Å². The van der Waals surface area contributed by atoms with Crippen molar-refractivity contribution in [3.63, 3.8) is 0 Å². The maximum absolute atomic E-state index is 5.72. The van der Waals surface area contributed by atoms with E-state index in [9.17, 15) is 0 Å². The maximum Gasteiger partial charge on any atom is 0.123 e. The highest BCUT2D eigenvalue weighted by Gasteiger charge is 2.06. The van der Waals surface area contributed by atoms with Crippen molar-refractivity contribution in [1.82, 2.24) is 15.2 Å². The van der Waals surface area contributed by atoms with Crippen molar-refractivity contribution in [2.24, 2.45) is 0 Å². The third kappa shape index (κ3) is 2.12. The Labute approximate surface area is 111 Å². The van der Waals surface area contributed by atoms with Crippen molar-refractivity contribution in [2.75, 3.05) is 5.73 Å². The number of hydrogen-bond donors (Lipinski definition) is 1. The predicted molar refractivity (Wildman–Crippen MR) is 76.7 cm³/mol. The number of nitrogen functional groups attached to an aromatic ring is 1. The molecule has 94 valence electrons. The van der Waals surface area contributed by atoms with Crippen LogP contribution in [0.1, 0.15) is 11.3 Å². The fraction of sp³-hybridized carbons (Fsp3) is 0.133. The number of nitrogens with two attached hydrogens (primary N) is 1. The Morgan fingerprint density at radius 3 is 2.58 bits per heavy atom. The van der Waals surface area contributed by atoms with E-state index in [4.69, 9.17) is 5.73 Å². The van der Waals surface area contributed by atoms with Gasteiger partial charge in [0, 0.05) is 17.1 Å². The summed E-state index contributed by atoms with van der Waals surface area (Å²) in [5, 5.41) is 10.5. The van der Waals surface area contributed by atoms with Crippen molar-refractivity contribution < 1.29 is 0 Å². The molecule has 0 aliphatic rings. The van der Waals surface area contributed by atoms with Crippen molar-refractivity contribution in [1.29, 1.82) is 0 Å². The Balaban J connectivity index is 2.19. The van der Waals surface area contributed by atoms with E-state index in [1.165, 1.54) is 0 Å². The lowest BCUT2D eigenvalue weighted by Crippen LogP contribution is -1.94. The first kappa shape index (κ1) is 11.6. The van der Waals surface area contributed by atoms with Crippen LogP contribution in [0.15, 0.2) is 36.5 Å². The van der Waals surface area contributed by atoms with Gasteiger partial charge in [0.2, 0.25) is 0 Å². The van der Waals surface area contributed by atoms with E-state index in [-0.39, 0.29) is 0 Å². The molecule has 0 radical (unpaired) electrons. The Bertz CT molecular complexity index is 765. The van der Waals surface area contributed by atoms with E-state index in [0.717, 1.165) is 33.3 Å². The van der Waals surface area contributed by atoms with E-state index in [1.54, 1.807) is 6.20 Å². The van der Waals surface area contributed by atoms with Crippen LogP contribution in [-0.4, -0.2) is 15.2 Å². The first-order valence-electron chi connectivity index (χ1n) is 6.10. The largest absolute Gasteiger partial charge is 0.384 e. The molecule has 0 spiro atoms. The topological polar surface area (TPSA) is 64.7 Å². The number of aromatic nitrogens is 3. The van der Waals surface area contributed by atoms with E-state index < -0.39 is 0 Å². The molecule has 0 saturated carbocycles. The van der Waals surface area contributed by atoms with Gasteiger partial charge < -0.3 is 5.73 Å². The summed E-state index contributed by atoms with van der Waals surface area (Å²) in [4.78, 5) is 4.09. The molecule has 0 aliphatic carbocycles. The van der Waals surface area contributed by atoms with Crippen LogP contribution in [0, 0.1) is 13.8 Å². The molecule has 4 nitrogen and oxygen atoms in total. The summed E-state index contributed by atoms with van der Waals surface area (Å²) in [6, 6.07) is 10.0. The summed E-state index contributed by atoms with van der Waals surface area (Å²) < 4.78 is 0. The van der Waals surface area contributed by atoms with E-state index in [1.807, 2.05) is 38.1 Å². The third-order valence-electron chi connectivity index (χ3n) is 3.12. The highest BCUT2D eigenvalue weighted by Crippen LogP contribution is 2.25. The second-order valence-corrected chi connectivity index (χ2v) is 4.69. The smallest absolute Gasteiger partial charge is 0.123 e. The van der Waals surface area contributed by atoms with Crippen molar-refractivity contribution in [2.45, 2.75) is 13.8 Å². The molecule has 0 unspecified atom stereocenters. The number of rotatable bonds is 1. The van der Waals surface area contributed by atoms with E-state index >= 15 is 0 Å². The standard InChI is InChI=1S/C15H14N4/c1-9-5-10(2)18-19-15(9)11-3-4-12-8-17-14(16)7-13(12)6-11/h3-8H,1-2H3,(H2,16,17). The molecule has 0 fully saturated rings. The summed E-state index contributed by atoms with van der Waals surface area (Å²) in [6.45, 7) is 3.98. The zero-order valence-electron chi connectivity index (χ0n) is 10.9. The van der Waals surface area contributed by atoms with Gasteiger partial charge in [-0.25, -0.2) is 4.98 Å². The van der Waals surface area contributed by atoms with Crippen LogP contribution in [0.5, 0.6) is 0 Å². The molecular weight excluding hydrogens is 236 g/mol. The fourth-order valence-electron chi connectivity index (χ4n) is 2.21. The van der Waals surface area contributed by atoms with Gasteiger partial charge in [-0.15, -0.1) is 5.10 Å². The molecule has 0 bridgehead atoms. The zero-order valence-corrected chi connectivity index (χ0v) is 10.9. The molecule has 2 heterocycles. The van der Waals surface area contributed by atoms with Crippen molar-refractivity contribution in [3.05, 3.63) is 47.8 Å². The number of aryl methyl sites for hydroxylation is 2. The minimum atomic E-state index is 0.524. The van der Waals surface area contributed by atoms with Gasteiger partial charge in [0.05, 0.1) is 11.4 Å². The van der Waals surface area contributed by atoms with Crippen LogP contribution < -0.4 is 5.73 Å². The van der Waals surface area contributed by atoms with Gasteiger partial charge in [0.25, 0.3) is 0 Å². The Hall–Kier alpha value is -2.49. The lowest BCUT2D eigenvalue weighted by atomic mass is 10.0. The summed E-state index contributed by atoms with van der Waals surface area (Å²) in [7, 11) is 0. The van der Waals surface area contributed by atoms with Crippen LogP contribution in [0.4, 0.5) is 5.82 Å². The van der Waals surface area contributed by atoms with Crippen LogP contribution in [0.3, 0.4) is 0 Å². The lowest BCUT2D eigenvalue weighted by Gasteiger charge is -2.06. The second kappa shape index (κ2) is 4.31. The summed E-state index contributed by atoms with van der Waals surface area (Å²) in [5.74, 6) is 0.524. The van der Waals surface area contributed by atoms with Crippen molar-refractivity contribution in [3.8, 4) is 11.3 Å². The molecule has 2 aromatic heterocycles. The van der Waals surface area contributed by atoms with Crippen molar-refractivity contribution >= 4 is 16.6 Å². The molecule has 0 amide bonds. The Morgan fingerprint density at radius 1 is 0.947 bits per heavy atom. The van der Waals surface area contributed by atoms with Crippen LogP contribution in [0.2, 0.25) is 0 Å². The van der Waals surface area contributed by atoms with Gasteiger partial charge in [0.1, 0.15) is 5.82 Å². The average molecular weight is 250 g/mol. The van der Waals surface area contributed by atoms with Gasteiger partial charge in [-0.05, 0) is 43.0 Å². The van der Waals surface area contributed by atoms with Gasteiger partial charge >= 0.3 is 0 Å². The van der Waals surface area contributed by atoms with Gasteiger partial charge in [-0.1, -0.05) is 12.1 Å². The molecule has 0 saturated heterocycles. The fourth-order valence-corrected chi connectivity index (χ4v) is 2.21. The summed E-state index contributed by atoms with van der Waals surface area (Å²) in [6.07, 6.45) is 1.78. The third-order valence-corrected chi connectivity index (χ3v) is 3.12. The maximum atomic E-state index is 5.72. The number of pyridine rings is 1. The Morgan fingerprint density at radius 2 is 1.79 bits per heavy atom. The molecule has 0 aliphatic heterocycles. The van der Waals surface area contributed by atoms with E-state index in [0.29, 0.717) is 5.82 Å². The van der Waals surface area contributed by atoms with Crippen LogP contribution in [-0.2, 0) is 0 Å². The SMILES string of the molecule is Cc1cc(C)c(-c2ccc3cnc(N)cc3c2)nn1. The second-order valence-electron chi connectivity index (χ2n) is 4.69. The highest BCUT2D eigenvalue weighted by molar-refractivity contribution is 5.88. The molecule has 0 atom stereocenters. The quantitative estimate of drug-likeness (QED) is 0.721. The number of nitrogens with zero attached hydrogens (tertiary/aromatic N) is 3. The molecule has 19 heavy (non-hydrogen) atoms. The highest BCUT2D eigenvalue weighted by atomic mass is 15.1. The predicted octanol–water partition coefficient (Wildman–Crippen LogP) is 2.89. The molecule has 3 aromatic rings. The molecular formula is C15H14N4. The number of anilines is 1. The summed E-state index contributed by atoms with van der Waals surface area (Å²) in [5.41, 5.74) is 9.72. The number of hydrogen-bond acceptors (Lipinski definition) is 4. The Kier molecular flexibility index (Phi) is 2.63. The minimum absolute atomic E-state index is 0.524. The normalized spacial score (nSPS) is 10.8. The van der Waals surface area contributed by atoms with Gasteiger partial charge in [0.15, 0.2) is 0 Å². The van der Waals surface area contributed by atoms with Gasteiger partial charge in [-0.2, -0.15) is 5.10 Å². The zero-order chi connectivity index (χ0) is 13.4. The van der Waals surface area contributed by atoms with E-state index in [2.05, 4.69) is 21.2 Å². The first-order valence-corrected chi connectivity index (χ1v) is 6.10. The lowest BCUT2D eigenvalue weighted by molar-refractivity contribution is 0.974. The monoisotopic (exact) mass is 250 g/mol. The molecule has 1 aromatic carbocycles. The molecule has 2 N–H and O–H groups in total. The number of benzene rings is 1. The summed E-state index contributed by atoms with van der Waals surface area (Å²) >= 11 is 0. The van der Waals surface area contributed by atoms with Gasteiger partial charge in [-0.3, -0.25) is 0 Å². The number of fused-ring (bicyclic) bond motifs is 1. The van der Waals surface area contributed by atoms with Crippen LogP contribution in [0.25, 0.3) is 22.0 Å². The molecule has 4 heteroatoms. The molecule has 3 rings (SSSR count).